The van der Waals surface area contributed by atoms with Gasteiger partial charge in [-0.3, -0.25) is 0 Å². The molecular weight excluding hydrogens is 291 g/mol. The summed E-state index contributed by atoms with van der Waals surface area (Å²) < 4.78 is 13.1. The molecule has 4 rings (SSSR count). The summed E-state index contributed by atoms with van der Waals surface area (Å²) in [6.07, 6.45) is 6.38. The molecule has 0 N–H and O–H groups in total. The van der Waals surface area contributed by atoms with E-state index in [1.54, 1.807) is 6.33 Å². The number of benzene rings is 1. The highest BCUT2D eigenvalue weighted by molar-refractivity contribution is 5.53. The number of fused-ring (bicyclic) bond motifs is 1. The van der Waals surface area contributed by atoms with Gasteiger partial charge in [-0.15, -0.1) is 0 Å². The standard InChI is InChI=1S/C18H21FN4/c19-14-5-7-15(8-6-14)22-9-11-23(12-10-22)18-16-3-1-2-4-17(16)20-13-21-18/h5-8,13H,1-4,9-12H2. The Hall–Kier alpha value is -2.17. The fourth-order valence-electron chi connectivity index (χ4n) is 3.60. The lowest BCUT2D eigenvalue weighted by Gasteiger charge is -2.38. The number of anilines is 2. The Bertz CT molecular complexity index is 678. The SMILES string of the molecule is Fc1ccc(N2CCN(c3ncnc4c3CCCC4)CC2)cc1. The van der Waals surface area contributed by atoms with Crippen LogP contribution in [0.4, 0.5) is 15.9 Å². The lowest BCUT2D eigenvalue weighted by Crippen LogP contribution is -2.47. The Balaban J connectivity index is 1.49. The van der Waals surface area contributed by atoms with Gasteiger partial charge in [-0.25, -0.2) is 14.4 Å². The zero-order chi connectivity index (χ0) is 15.6. The van der Waals surface area contributed by atoms with Crippen molar-refractivity contribution < 1.29 is 4.39 Å². The van der Waals surface area contributed by atoms with Gasteiger partial charge in [0.05, 0.1) is 0 Å². The van der Waals surface area contributed by atoms with E-state index in [-0.39, 0.29) is 5.82 Å². The third-order valence-corrected chi connectivity index (χ3v) is 4.87. The van der Waals surface area contributed by atoms with E-state index in [1.165, 1.54) is 36.2 Å². The number of hydrogen-bond acceptors (Lipinski definition) is 4. The van der Waals surface area contributed by atoms with Gasteiger partial charge in [0.1, 0.15) is 18.0 Å². The third-order valence-electron chi connectivity index (χ3n) is 4.87. The fourth-order valence-corrected chi connectivity index (χ4v) is 3.60. The Kier molecular flexibility index (Phi) is 3.85. The maximum absolute atomic E-state index is 13.1. The molecule has 4 nitrogen and oxygen atoms in total. The van der Waals surface area contributed by atoms with Crippen molar-refractivity contribution in [1.82, 2.24) is 9.97 Å². The van der Waals surface area contributed by atoms with Crippen molar-refractivity contribution in [2.24, 2.45) is 0 Å². The van der Waals surface area contributed by atoms with Crippen LogP contribution in [0, 0.1) is 5.82 Å². The van der Waals surface area contributed by atoms with E-state index in [4.69, 9.17) is 0 Å². The second kappa shape index (κ2) is 6.14. The first-order chi connectivity index (χ1) is 11.3. The van der Waals surface area contributed by atoms with E-state index in [9.17, 15) is 4.39 Å². The molecule has 2 aromatic rings. The molecule has 0 spiro atoms. The molecule has 2 aliphatic rings. The minimum Gasteiger partial charge on any atom is -0.368 e. The van der Waals surface area contributed by atoms with E-state index < -0.39 is 0 Å². The normalized spacial score (nSPS) is 18.0. The number of rotatable bonds is 2. The summed E-state index contributed by atoms with van der Waals surface area (Å²) in [6, 6.07) is 6.78. The van der Waals surface area contributed by atoms with Gasteiger partial charge in [0.2, 0.25) is 0 Å². The molecule has 120 valence electrons. The van der Waals surface area contributed by atoms with Crippen LogP contribution < -0.4 is 9.80 Å². The van der Waals surface area contributed by atoms with Gasteiger partial charge in [0, 0.05) is 43.1 Å². The first-order valence-electron chi connectivity index (χ1n) is 8.39. The molecule has 5 heteroatoms. The van der Waals surface area contributed by atoms with E-state index in [2.05, 4.69) is 19.8 Å². The molecule has 1 aliphatic carbocycles. The number of halogens is 1. The van der Waals surface area contributed by atoms with Gasteiger partial charge in [-0.05, 0) is 49.9 Å². The van der Waals surface area contributed by atoms with Crippen molar-refractivity contribution in [1.29, 1.82) is 0 Å². The number of hydrogen-bond donors (Lipinski definition) is 0. The Labute approximate surface area is 136 Å². The van der Waals surface area contributed by atoms with Gasteiger partial charge in [0.25, 0.3) is 0 Å². The predicted molar refractivity (Wildman–Crippen MR) is 89.5 cm³/mol. The minimum atomic E-state index is -0.181. The van der Waals surface area contributed by atoms with Crippen molar-refractivity contribution in [2.45, 2.75) is 25.7 Å². The maximum atomic E-state index is 13.1. The summed E-state index contributed by atoms with van der Waals surface area (Å²) in [4.78, 5) is 13.7. The number of nitrogens with zero attached hydrogens (tertiary/aromatic N) is 4. The van der Waals surface area contributed by atoms with Crippen LogP contribution in [0.1, 0.15) is 24.1 Å². The molecule has 0 atom stereocenters. The van der Waals surface area contributed by atoms with Crippen molar-refractivity contribution in [3.05, 3.63) is 47.7 Å². The zero-order valence-electron chi connectivity index (χ0n) is 13.2. The molecule has 0 unspecified atom stereocenters. The highest BCUT2D eigenvalue weighted by atomic mass is 19.1. The molecule has 1 aliphatic heterocycles. The molecule has 1 aromatic heterocycles. The average molecular weight is 312 g/mol. The quantitative estimate of drug-likeness (QED) is 0.853. The Morgan fingerprint density at radius 2 is 1.52 bits per heavy atom. The van der Waals surface area contributed by atoms with E-state index >= 15 is 0 Å². The van der Waals surface area contributed by atoms with Crippen LogP contribution in [0.5, 0.6) is 0 Å². The fraction of sp³-hybridized carbons (Fsp3) is 0.444. The highest BCUT2D eigenvalue weighted by Crippen LogP contribution is 2.28. The topological polar surface area (TPSA) is 32.3 Å². The molecular formula is C18H21FN4. The molecule has 2 heterocycles. The minimum absolute atomic E-state index is 0.181. The molecule has 0 amide bonds. The van der Waals surface area contributed by atoms with Gasteiger partial charge in [-0.2, -0.15) is 0 Å². The first-order valence-corrected chi connectivity index (χ1v) is 8.39. The molecule has 0 radical (unpaired) electrons. The molecule has 0 saturated carbocycles. The third kappa shape index (κ3) is 2.87. The van der Waals surface area contributed by atoms with E-state index in [1.807, 2.05) is 12.1 Å². The lowest BCUT2D eigenvalue weighted by molar-refractivity contribution is 0.618. The molecule has 1 aromatic carbocycles. The summed E-state index contributed by atoms with van der Waals surface area (Å²) in [5.41, 5.74) is 3.69. The lowest BCUT2D eigenvalue weighted by atomic mass is 9.96. The molecule has 0 bridgehead atoms. The van der Waals surface area contributed by atoms with Gasteiger partial charge in [0.15, 0.2) is 0 Å². The smallest absolute Gasteiger partial charge is 0.135 e. The second-order valence-electron chi connectivity index (χ2n) is 6.28. The predicted octanol–water partition coefficient (Wildman–Crippen LogP) is 2.82. The Morgan fingerprint density at radius 1 is 0.826 bits per heavy atom. The van der Waals surface area contributed by atoms with E-state index in [0.717, 1.165) is 50.5 Å². The maximum Gasteiger partial charge on any atom is 0.135 e. The first kappa shape index (κ1) is 14.4. The zero-order valence-corrected chi connectivity index (χ0v) is 13.2. The van der Waals surface area contributed by atoms with Crippen LogP contribution in [-0.4, -0.2) is 36.1 Å². The van der Waals surface area contributed by atoms with Gasteiger partial charge >= 0.3 is 0 Å². The van der Waals surface area contributed by atoms with Crippen molar-refractivity contribution in [2.75, 3.05) is 36.0 Å². The van der Waals surface area contributed by atoms with Crippen LogP contribution in [0.3, 0.4) is 0 Å². The van der Waals surface area contributed by atoms with Crippen LogP contribution in [0.15, 0.2) is 30.6 Å². The van der Waals surface area contributed by atoms with Gasteiger partial charge in [-0.1, -0.05) is 0 Å². The number of aromatic nitrogens is 2. The number of aryl methyl sites for hydroxylation is 1. The van der Waals surface area contributed by atoms with Crippen molar-refractivity contribution >= 4 is 11.5 Å². The number of piperazine rings is 1. The van der Waals surface area contributed by atoms with Crippen molar-refractivity contribution in [3.8, 4) is 0 Å². The van der Waals surface area contributed by atoms with E-state index in [0.29, 0.717) is 0 Å². The van der Waals surface area contributed by atoms with Crippen molar-refractivity contribution in [3.63, 3.8) is 0 Å². The van der Waals surface area contributed by atoms with Gasteiger partial charge < -0.3 is 9.80 Å². The largest absolute Gasteiger partial charge is 0.368 e. The Morgan fingerprint density at radius 3 is 2.30 bits per heavy atom. The summed E-state index contributed by atoms with van der Waals surface area (Å²) in [6.45, 7) is 3.76. The summed E-state index contributed by atoms with van der Waals surface area (Å²) in [5.74, 6) is 0.952. The van der Waals surface area contributed by atoms with Crippen LogP contribution in [-0.2, 0) is 12.8 Å². The monoisotopic (exact) mass is 312 g/mol. The highest BCUT2D eigenvalue weighted by Gasteiger charge is 2.23. The van der Waals surface area contributed by atoms with Crippen LogP contribution in [0.25, 0.3) is 0 Å². The van der Waals surface area contributed by atoms with Crippen LogP contribution in [0.2, 0.25) is 0 Å². The average Bonchev–Trinajstić information content (AvgIpc) is 2.62. The molecule has 1 saturated heterocycles. The molecule has 23 heavy (non-hydrogen) atoms. The van der Waals surface area contributed by atoms with Crippen LogP contribution >= 0.6 is 0 Å². The molecule has 1 fully saturated rings. The second-order valence-corrected chi connectivity index (χ2v) is 6.28. The summed E-state index contributed by atoms with van der Waals surface area (Å²) >= 11 is 0. The summed E-state index contributed by atoms with van der Waals surface area (Å²) in [5, 5.41) is 0. The summed E-state index contributed by atoms with van der Waals surface area (Å²) in [7, 11) is 0.